The van der Waals surface area contributed by atoms with Gasteiger partial charge in [0, 0.05) is 33.7 Å². The Balaban J connectivity index is 1.38. The smallest absolute Gasteiger partial charge is 0.257 e. The van der Waals surface area contributed by atoms with Crippen molar-refractivity contribution in [3.8, 4) is 0 Å². The largest absolute Gasteiger partial charge is 0.355 e. The molecular weight excluding hydrogens is 400 g/mol. The maximum absolute atomic E-state index is 12.4. The van der Waals surface area contributed by atoms with Gasteiger partial charge in [-0.2, -0.15) is 0 Å². The first kappa shape index (κ1) is 19.5. The fraction of sp³-hybridized carbons (Fsp3) is 0.0385. The Kier molecular flexibility index (Phi) is 5.09. The first-order valence-electron chi connectivity index (χ1n) is 10.3. The summed E-state index contributed by atoms with van der Waals surface area (Å²) >= 11 is 0. The summed E-state index contributed by atoms with van der Waals surface area (Å²) in [6, 6.07) is 26.5. The van der Waals surface area contributed by atoms with Crippen LogP contribution in [0.5, 0.6) is 0 Å². The zero-order valence-corrected chi connectivity index (χ0v) is 17.1. The minimum absolute atomic E-state index is 0.0625. The van der Waals surface area contributed by atoms with Crippen molar-refractivity contribution < 1.29 is 4.79 Å². The summed E-state index contributed by atoms with van der Waals surface area (Å²) in [6.45, 7) is 0. The third kappa shape index (κ3) is 3.94. The molecular formula is C26H20N4O2. The molecule has 3 aromatic carbocycles. The maximum atomic E-state index is 12.4. The first-order valence-corrected chi connectivity index (χ1v) is 10.3. The molecule has 2 heterocycles. The molecule has 0 atom stereocenters. The minimum atomic E-state index is -0.159. The van der Waals surface area contributed by atoms with E-state index in [0.29, 0.717) is 17.5 Å². The van der Waals surface area contributed by atoms with Gasteiger partial charge in [-0.3, -0.25) is 9.59 Å². The zero-order chi connectivity index (χ0) is 21.9. The van der Waals surface area contributed by atoms with Gasteiger partial charge in [-0.15, -0.1) is 0 Å². The van der Waals surface area contributed by atoms with Crippen LogP contribution in [-0.4, -0.2) is 15.9 Å². The van der Waals surface area contributed by atoms with Gasteiger partial charge in [0.15, 0.2) is 0 Å². The van der Waals surface area contributed by atoms with Crippen LogP contribution in [0, 0.1) is 0 Å². The van der Waals surface area contributed by atoms with Gasteiger partial charge in [0.05, 0.1) is 12.1 Å². The molecule has 6 nitrogen and oxygen atoms in total. The molecule has 3 N–H and O–H groups in total. The maximum Gasteiger partial charge on any atom is 0.257 e. The molecule has 0 radical (unpaired) electrons. The quantitative estimate of drug-likeness (QED) is 0.349. The van der Waals surface area contributed by atoms with Crippen molar-refractivity contribution in [2.75, 3.05) is 10.6 Å². The topological polar surface area (TPSA) is 86.9 Å². The Hall–Kier alpha value is -4.45. The van der Waals surface area contributed by atoms with Crippen LogP contribution >= 0.6 is 0 Å². The third-order valence-electron chi connectivity index (χ3n) is 5.28. The number of H-pyrrole nitrogens is 1. The Morgan fingerprint density at radius 1 is 0.812 bits per heavy atom. The Labute approximate surface area is 184 Å². The lowest BCUT2D eigenvalue weighted by atomic mass is 10.1. The van der Waals surface area contributed by atoms with Crippen LogP contribution in [0.1, 0.15) is 5.56 Å². The SMILES string of the molecule is O=C(Cc1ccccc1)Nc1ccc(Nc2ccnc3[nH]c(=O)c4ccccc4c23)cc1. The predicted octanol–water partition coefficient (Wildman–Crippen LogP) is 5.00. The second-order valence-electron chi connectivity index (χ2n) is 7.49. The lowest BCUT2D eigenvalue weighted by Crippen LogP contribution is -2.14. The molecule has 6 heteroatoms. The normalized spacial score (nSPS) is 10.9. The van der Waals surface area contributed by atoms with Crippen molar-refractivity contribution in [1.82, 2.24) is 9.97 Å². The highest BCUT2D eigenvalue weighted by molar-refractivity contribution is 6.10. The summed E-state index contributed by atoms with van der Waals surface area (Å²) in [5.74, 6) is -0.0625. The average Bonchev–Trinajstić information content (AvgIpc) is 2.81. The summed E-state index contributed by atoms with van der Waals surface area (Å²) in [6.07, 6.45) is 1.99. The van der Waals surface area contributed by atoms with E-state index in [1.165, 1.54) is 0 Å². The number of nitrogens with one attached hydrogen (secondary N) is 3. The number of aromatic amines is 1. The van der Waals surface area contributed by atoms with Crippen LogP contribution in [0.15, 0.2) is 95.9 Å². The van der Waals surface area contributed by atoms with Gasteiger partial charge in [-0.1, -0.05) is 48.5 Å². The van der Waals surface area contributed by atoms with Gasteiger partial charge in [0.1, 0.15) is 5.65 Å². The number of nitrogens with zero attached hydrogens (tertiary/aromatic N) is 1. The third-order valence-corrected chi connectivity index (χ3v) is 5.28. The molecule has 0 aliphatic carbocycles. The van der Waals surface area contributed by atoms with Crippen LogP contribution in [0.3, 0.4) is 0 Å². The Bertz CT molecular complexity index is 1480. The van der Waals surface area contributed by atoms with Crippen molar-refractivity contribution in [3.05, 3.63) is 107 Å². The minimum Gasteiger partial charge on any atom is -0.355 e. The lowest BCUT2D eigenvalue weighted by molar-refractivity contribution is -0.115. The molecule has 2 aromatic heterocycles. The number of carbonyl (C=O) groups excluding carboxylic acids is 1. The lowest BCUT2D eigenvalue weighted by Gasteiger charge is -2.12. The van der Waals surface area contributed by atoms with Gasteiger partial charge in [0.2, 0.25) is 5.91 Å². The number of rotatable bonds is 5. The monoisotopic (exact) mass is 420 g/mol. The molecule has 0 aliphatic rings. The van der Waals surface area contributed by atoms with E-state index in [9.17, 15) is 9.59 Å². The molecule has 0 saturated heterocycles. The van der Waals surface area contributed by atoms with E-state index in [4.69, 9.17) is 0 Å². The highest BCUT2D eigenvalue weighted by atomic mass is 16.1. The molecule has 32 heavy (non-hydrogen) atoms. The van der Waals surface area contributed by atoms with Crippen LogP contribution < -0.4 is 16.2 Å². The number of hydrogen-bond acceptors (Lipinski definition) is 4. The van der Waals surface area contributed by atoms with Gasteiger partial charge in [-0.25, -0.2) is 4.98 Å². The second-order valence-corrected chi connectivity index (χ2v) is 7.49. The molecule has 5 rings (SSSR count). The molecule has 0 unspecified atom stereocenters. The van der Waals surface area contributed by atoms with E-state index in [0.717, 1.165) is 33.4 Å². The first-order chi connectivity index (χ1) is 15.7. The predicted molar refractivity (Wildman–Crippen MR) is 128 cm³/mol. The van der Waals surface area contributed by atoms with Gasteiger partial charge in [0.25, 0.3) is 5.56 Å². The van der Waals surface area contributed by atoms with Gasteiger partial charge in [-0.05, 0) is 42.0 Å². The average molecular weight is 420 g/mol. The number of hydrogen-bond donors (Lipinski definition) is 3. The zero-order valence-electron chi connectivity index (χ0n) is 17.1. The molecule has 1 amide bonds. The van der Waals surface area contributed by atoms with Crippen molar-refractivity contribution >= 4 is 44.8 Å². The fourth-order valence-electron chi connectivity index (χ4n) is 3.79. The number of benzene rings is 3. The highest BCUT2D eigenvalue weighted by Gasteiger charge is 2.10. The summed E-state index contributed by atoms with van der Waals surface area (Å²) in [7, 11) is 0. The van der Waals surface area contributed by atoms with E-state index in [-0.39, 0.29) is 11.5 Å². The van der Waals surface area contributed by atoms with Crippen molar-refractivity contribution in [1.29, 1.82) is 0 Å². The van der Waals surface area contributed by atoms with E-state index >= 15 is 0 Å². The molecule has 5 aromatic rings. The summed E-state index contributed by atoms with van der Waals surface area (Å²) in [5, 5.41) is 8.64. The van der Waals surface area contributed by atoms with E-state index in [1.807, 2.05) is 78.9 Å². The second kappa shape index (κ2) is 8.35. The molecule has 0 spiro atoms. The molecule has 156 valence electrons. The van der Waals surface area contributed by atoms with Gasteiger partial charge >= 0.3 is 0 Å². The van der Waals surface area contributed by atoms with Crippen molar-refractivity contribution in [2.45, 2.75) is 6.42 Å². The van der Waals surface area contributed by atoms with Crippen molar-refractivity contribution in [2.24, 2.45) is 0 Å². The van der Waals surface area contributed by atoms with E-state index in [2.05, 4.69) is 20.6 Å². The number of fused-ring (bicyclic) bond motifs is 3. The number of aromatic nitrogens is 2. The number of anilines is 3. The van der Waals surface area contributed by atoms with E-state index in [1.54, 1.807) is 12.3 Å². The molecule has 0 bridgehead atoms. The van der Waals surface area contributed by atoms with Crippen LogP contribution in [0.25, 0.3) is 21.8 Å². The molecule has 0 fully saturated rings. The summed E-state index contributed by atoms with van der Waals surface area (Å²) < 4.78 is 0. The Morgan fingerprint density at radius 3 is 2.28 bits per heavy atom. The van der Waals surface area contributed by atoms with Crippen LogP contribution in [0.2, 0.25) is 0 Å². The Morgan fingerprint density at radius 2 is 1.50 bits per heavy atom. The fourth-order valence-corrected chi connectivity index (χ4v) is 3.79. The molecule has 0 aliphatic heterocycles. The van der Waals surface area contributed by atoms with Crippen LogP contribution in [0.4, 0.5) is 17.1 Å². The standard InChI is InChI=1S/C26H20N4O2/c31-23(16-17-6-2-1-3-7-17)29-19-12-10-18(11-13-19)28-22-14-15-27-25-24(22)20-8-4-5-9-21(20)26(32)30-25/h1-15H,16H2,(H,29,31)(H2,27,28,30,32). The van der Waals surface area contributed by atoms with Crippen LogP contribution in [-0.2, 0) is 11.2 Å². The number of carbonyl (C=O) groups is 1. The number of pyridine rings is 2. The number of amides is 1. The van der Waals surface area contributed by atoms with E-state index < -0.39 is 0 Å². The van der Waals surface area contributed by atoms with Crippen molar-refractivity contribution in [3.63, 3.8) is 0 Å². The molecule has 0 saturated carbocycles. The highest BCUT2D eigenvalue weighted by Crippen LogP contribution is 2.29. The summed E-state index contributed by atoms with van der Waals surface area (Å²) in [5.41, 5.74) is 3.76. The summed E-state index contributed by atoms with van der Waals surface area (Å²) in [4.78, 5) is 31.8. The van der Waals surface area contributed by atoms with Gasteiger partial charge < -0.3 is 15.6 Å².